The van der Waals surface area contributed by atoms with E-state index in [-0.39, 0.29) is 18.4 Å². The quantitative estimate of drug-likeness (QED) is 0.859. The summed E-state index contributed by atoms with van der Waals surface area (Å²) >= 11 is 0. The zero-order chi connectivity index (χ0) is 15.5. The Hall–Kier alpha value is -2.63. The van der Waals surface area contributed by atoms with Crippen LogP contribution >= 0.6 is 0 Å². The highest BCUT2D eigenvalue weighted by Crippen LogP contribution is 2.30. The van der Waals surface area contributed by atoms with Crippen molar-refractivity contribution in [2.75, 3.05) is 5.32 Å². The van der Waals surface area contributed by atoms with Gasteiger partial charge in [-0.15, -0.1) is 0 Å². The Labute approximate surface area is 127 Å². The molecule has 0 saturated heterocycles. The molecule has 114 valence electrons. The van der Waals surface area contributed by atoms with Crippen LogP contribution in [0.1, 0.15) is 34.7 Å². The van der Waals surface area contributed by atoms with Crippen molar-refractivity contribution in [2.24, 2.45) is 5.92 Å². The predicted octanol–water partition coefficient (Wildman–Crippen LogP) is 2.69. The highest BCUT2D eigenvalue weighted by atomic mass is 16.5. The van der Waals surface area contributed by atoms with Gasteiger partial charge >= 0.3 is 5.97 Å². The van der Waals surface area contributed by atoms with E-state index in [1.807, 2.05) is 0 Å². The van der Waals surface area contributed by atoms with Crippen molar-refractivity contribution in [3.63, 3.8) is 0 Å². The van der Waals surface area contributed by atoms with E-state index in [0.717, 1.165) is 18.5 Å². The van der Waals surface area contributed by atoms with Gasteiger partial charge in [-0.05, 0) is 44.0 Å². The van der Waals surface area contributed by atoms with E-state index in [9.17, 15) is 9.59 Å². The summed E-state index contributed by atoms with van der Waals surface area (Å²) in [5.74, 6) is 0.235. The summed E-state index contributed by atoms with van der Waals surface area (Å²) in [6.45, 7) is 1.84. The molecule has 6 nitrogen and oxygen atoms in total. The van der Waals surface area contributed by atoms with Crippen molar-refractivity contribution in [1.29, 1.82) is 0 Å². The molecule has 1 fully saturated rings. The zero-order valence-electron chi connectivity index (χ0n) is 12.2. The second kappa shape index (κ2) is 6.01. The fourth-order valence-corrected chi connectivity index (χ4v) is 1.98. The van der Waals surface area contributed by atoms with Crippen molar-refractivity contribution in [1.82, 2.24) is 5.16 Å². The number of benzene rings is 1. The molecule has 0 atom stereocenters. The van der Waals surface area contributed by atoms with E-state index in [0.29, 0.717) is 17.0 Å². The van der Waals surface area contributed by atoms with Crippen LogP contribution in [-0.2, 0) is 16.1 Å². The van der Waals surface area contributed by atoms with Crippen LogP contribution in [0.4, 0.5) is 5.69 Å². The van der Waals surface area contributed by atoms with E-state index in [2.05, 4.69) is 10.5 Å². The molecule has 3 rings (SSSR count). The van der Waals surface area contributed by atoms with Crippen LogP contribution < -0.4 is 5.32 Å². The van der Waals surface area contributed by atoms with Crippen molar-refractivity contribution in [2.45, 2.75) is 26.4 Å². The van der Waals surface area contributed by atoms with Gasteiger partial charge in [0.05, 0.1) is 11.3 Å². The number of rotatable bonds is 5. The molecule has 0 radical (unpaired) electrons. The molecular formula is C16H16N2O4. The first kappa shape index (κ1) is 14.3. The third kappa shape index (κ3) is 3.52. The molecule has 1 aromatic heterocycles. The molecule has 6 heteroatoms. The summed E-state index contributed by atoms with van der Waals surface area (Å²) in [6, 6.07) is 8.34. The van der Waals surface area contributed by atoms with Crippen LogP contribution in [0.5, 0.6) is 0 Å². The minimum absolute atomic E-state index is 0.0380. The van der Waals surface area contributed by atoms with Gasteiger partial charge in [0.15, 0.2) is 12.4 Å². The number of hydrogen-bond donors (Lipinski definition) is 1. The Bertz CT molecular complexity index is 686. The van der Waals surface area contributed by atoms with Crippen LogP contribution in [0.2, 0.25) is 0 Å². The number of esters is 1. The molecule has 22 heavy (non-hydrogen) atoms. The monoisotopic (exact) mass is 300 g/mol. The number of hydrogen-bond acceptors (Lipinski definition) is 5. The lowest BCUT2D eigenvalue weighted by Crippen LogP contribution is -2.13. The average Bonchev–Trinajstić information content (AvgIpc) is 3.29. The van der Waals surface area contributed by atoms with Crippen LogP contribution in [0.15, 0.2) is 34.9 Å². The standard InChI is InChI=1S/C16H16N2O4/c1-10-8-14(22-18-10)9-21-16(20)12-4-6-13(7-5-12)17-15(19)11-2-3-11/h4-8,11H,2-3,9H2,1H3,(H,17,19). The fraction of sp³-hybridized carbons (Fsp3) is 0.312. The fourth-order valence-electron chi connectivity index (χ4n) is 1.98. The number of aryl methyl sites for hydroxylation is 1. The maximum atomic E-state index is 11.9. The minimum atomic E-state index is -0.450. The summed E-state index contributed by atoms with van der Waals surface area (Å²) in [6.07, 6.45) is 1.91. The molecule has 2 aromatic rings. The van der Waals surface area contributed by atoms with Gasteiger partial charge in [0.25, 0.3) is 0 Å². The minimum Gasteiger partial charge on any atom is -0.454 e. The summed E-state index contributed by atoms with van der Waals surface area (Å²) in [7, 11) is 0. The Balaban J connectivity index is 1.54. The number of nitrogens with zero attached hydrogens (tertiary/aromatic N) is 1. The van der Waals surface area contributed by atoms with Crippen molar-refractivity contribution < 1.29 is 18.8 Å². The zero-order valence-corrected chi connectivity index (χ0v) is 12.2. The smallest absolute Gasteiger partial charge is 0.338 e. The molecule has 1 aromatic carbocycles. The molecule has 1 N–H and O–H groups in total. The van der Waals surface area contributed by atoms with Crippen molar-refractivity contribution in [3.05, 3.63) is 47.3 Å². The topological polar surface area (TPSA) is 81.4 Å². The van der Waals surface area contributed by atoms with Crippen molar-refractivity contribution in [3.8, 4) is 0 Å². The van der Waals surface area contributed by atoms with E-state index < -0.39 is 5.97 Å². The third-order valence-electron chi connectivity index (χ3n) is 3.36. The molecule has 0 bridgehead atoms. The number of carbonyl (C=O) groups is 2. The number of amides is 1. The SMILES string of the molecule is Cc1cc(COC(=O)c2ccc(NC(=O)C3CC3)cc2)on1. The maximum absolute atomic E-state index is 11.9. The van der Waals surface area contributed by atoms with Gasteiger partial charge in [-0.2, -0.15) is 0 Å². The van der Waals surface area contributed by atoms with Gasteiger partial charge in [-0.25, -0.2) is 4.79 Å². The predicted molar refractivity (Wildman–Crippen MR) is 78.2 cm³/mol. The Morgan fingerprint density at radius 1 is 1.32 bits per heavy atom. The number of anilines is 1. The van der Waals surface area contributed by atoms with Crippen molar-refractivity contribution >= 4 is 17.6 Å². The molecule has 1 aliphatic rings. The molecule has 0 unspecified atom stereocenters. The number of carbonyl (C=O) groups excluding carboxylic acids is 2. The van der Waals surface area contributed by atoms with Crippen LogP contribution in [-0.4, -0.2) is 17.0 Å². The first-order valence-corrected chi connectivity index (χ1v) is 7.12. The Morgan fingerprint density at radius 3 is 2.64 bits per heavy atom. The number of nitrogens with one attached hydrogen (secondary N) is 1. The first-order chi connectivity index (χ1) is 10.6. The van der Waals surface area contributed by atoms with Gasteiger partial charge in [0.1, 0.15) is 0 Å². The first-order valence-electron chi connectivity index (χ1n) is 7.12. The highest BCUT2D eigenvalue weighted by Gasteiger charge is 2.29. The average molecular weight is 300 g/mol. The summed E-state index contributed by atoms with van der Waals surface area (Å²) < 4.78 is 10.1. The molecule has 0 spiro atoms. The van der Waals surface area contributed by atoms with Gasteiger partial charge < -0.3 is 14.6 Å². The van der Waals surface area contributed by atoms with Crippen LogP contribution in [0.25, 0.3) is 0 Å². The van der Waals surface area contributed by atoms with Gasteiger partial charge in [-0.3, -0.25) is 4.79 Å². The van der Waals surface area contributed by atoms with Gasteiger partial charge in [-0.1, -0.05) is 5.16 Å². The second-order valence-electron chi connectivity index (χ2n) is 5.35. The normalized spacial score (nSPS) is 13.7. The van der Waals surface area contributed by atoms with E-state index in [1.54, 1.807) is 37.3 Å². The lowest BCUT2D eigenvalue weighted by atomic mass is 10.2. The maximum Gasteiger partial charge on any atom is 0.338 e. The molecule has 1 aliphatic carbocycles. The number of aromatic nitrogens is 1. The molecule has 1 heterocycles. The van der Waals surface area contributed by atoms with E-state index in [4.69, 9.17) is 9.26 Å². The lowest BCUT2D eigenvalue weighted by Gasteiger charge is -2.06. The summed E-state index contributed by atoms with van der Waals surface area (Å²) in [4.78, 5) is 23.5. The highest BCUT2D eigenvalue weighted by molar-refractivity contribution is 5.95. The summed E-state index contributed by atoms with van der Waals surface area (Å²) in [5, 5.41) is 6.54. The van der Waals surface area contributed by atoms with E-state index in [1.165, 1.54) is 0 Å². The van der Waals surface area contributed by atoms with Gasteiger partial charge in [0.2, 0.25) is 5.91 Å². The summed E-state index contributed by atoms with van der Waals surface area (Å²) in [5.41, 5.74) is 1.83. The lowest BCUT2D eigenvalue weighted by molar-refractivity contribution is -0.117. The third-order valence-corrected chi connectivity index (χ3v) is 3.36. The van der Waals surface area contributed by atoms with E-state index >= 15 is 0 Å². The molecule has 1 saturated carbocycles. The molecule has 1 amide bonds. The number of ether oxygens (including phenoxy) is 1. The van der Waals surface area contributed by atoms with Gasteiger partial charge in [0, 0.05) is 17.7 Å². The Kier molecular flexibility index (Phi) is 3.91. The van der Waals surface area contributed by atoms with Crippen LogP contribution in [0, 0.1) is 12.8 Å². The molecule has 0 aliphatic heterocycles. The second-order valence-corrected chi connectivity index (χ2v) is 5.35. The van der Waals surface area contributed by atoms with Crippen LogP contribution in [0.3, 0.4) is 0 Å². The molecular weight excluding hydrogens is 284 g/mol. The Morgan fingerprint density at radius 2 is 2.05 bits per heavy atom. The largest absolute Gasteiger partial charge is 0.454 e.